The van der Waals surface area contributed by atoms with Crippen molar-refractivity contribution in [2.75, 3.05) is 0 Å². The van der Waals surface area contributed by atoms with Crippen LogP contribution in [0.5, 0.6) is 0 Å². The zero-order valence-corrected chi connectivity index (χ0v) is 24.5. The van der Waals surface area contributed by atoms with Crippen LogP contribution in [-0.2, 0) is 0 Å². The highest BCUT2D eigenvalue weighted by atomic mass is 14.4. The summed E-state index contributed by atoms with van der Waals surface area (Å²) >= 11 is 0. The second-order valence-corrected chi connectivity index (χ2v) is 10.8. The highest BCUT2D eigenvalue weighted by Crippen LogP contribution is 2.52. The summed E-state index contributed by atoms with van der Waals surface area (Å²) < 4.78 is 0. The normalized spacial score (nSPS) is 12.9. The molecule has 0 aromatic heterocycles. The maximum atomic E-state index is 10.1. The quantitative estimate of drug-likeness (QED) is 0.197. The first-order chi connectivity index (χ1) is 22.7. The molecule has 2 aliphatic rings. The molecule has 4 nitrogen and oxygen atoms in total. The summed E-state index contributed by atoms with van der Waals surface area (Å²) in [6.45, 7) is 0. The lowest BCUT2D eigenvalue weighted by molar-refractivity contribution is 1.46. The van der Waals surface area contributed by atoms with Crippen molar-refractivity contribution in [1.29, 1.82) is 21.0 Å². The number of rotatable bonds is 4. The second-order valence-electron chi connectivity index (χ2n) is 10.8. The molecule has 0 saturated heterocycles. The van der Waals surface area contributed by atoms with Crippen LogP contribution in [-0.4, -0.2) is 0 Å². The van der Waals surface area contributed by atoms with Crippen LogP contribution in [0.1, 0.15) is 44.5 Å². The van der Waals surface area contributed by atoms with Crippen LogP contribution in [0.25, 0.3) is 33.4 Å². The molecule has 4 heteroatoms. The van der Waals surface area contributed by atoms with Crippen LogP contribution in [0.3, 0.4) is 0 Å². The molecule has 0 spiro atoms. The molecule has 0 amide bonds. The van der Waals surface area contributed by atoms with E-state index in [1.54, 1.807) is 0 Å². The smallest absolute Gasteiger partial charge is 0.138 e. The van der Waals surface area contributed by atoms with Gasteiger partial charge in [0.15, 0.2) is 0 Å². The predicted octanol–water partition coefficient (Wildman–Crippen LogP) is 9.23. The van der Waals surface area contributed by atoms with Gasteiger partial charge in [0.25, 0.3) is 0 Å². The molecular formula is C42H22N4. The second kappa shape index (κ2) is 11.6. The highest BCUT2D eigenvalue weighted by Gasteiger charge is 2.33. The molecule has 0 heterocycles. The molecule has 0 saturated carbocycles. The molecule has 5 aromatic rings. The Morgan fingerprint density at radius 2 is 0.587 bits per heavy atom. The molecule has 0 aliphatic heterocycles. The fraction of sp³-hybridized carbons (Fsp3) is 0. The molecule has 5 aromatic carbocycles. The maximum absolute atomic E-state index is 10.1. The number of benzene rings is 5. The Kier molecular flexibility index (Phi) is 7.02. The van der Waals surface area contributed by atoms with Crippen LogP contribution < -0.4 is 0 Å². The van der Waals surface area contributed by atoms with Gasteiger partial charge in [0.2, 0.25) is 0 Å². The van der Waals surface area contributed by atoms with E-state index in [4.69, 9.17) is 0 Å². The summed E-state index contributed by atoms with van der Waals surface area (Å²) in [6, 6.07) is 52.3. The molecule has 0 N–H and O–H groups in total. The van der Waals surface area contributed by atoms with Gasteiger partial charge in [0, 0.05) is 22.3 Å². The van der Waals surface area contributed by atoms with Crippen molar-refractivity contribution in [1.82, 2.24) is 0 Å². The molecule has 210 valence electrons. The van der Waals surface area contributed by atoms with E-state index in [1.165, 1.54) is 0 Å². The fourth-order valence-electron chi connectivity index (χ4n) is 6.61. The number of fused-ring (bicyclic) bond motifs is 2. The van der Waals surface area contributed by atoms with Gasteiger partial charge < -0.3 is 0 Å². The third-order valence-electron chi connectivity index (χ3n) is 8.47. The van der Waals surface area contributed by atoms with E-state index >= 15 is 0 Å². The molecular weight excluding hydrogens is 560 g/mol. The van der Waals surface area contributed by atoms with Crippen LogP contribution in [0.15, 0.2) is 145 Å². The van der Waals surface area contributed by atoms with Gasteiger partial charge in [0.1, 0.15) is 35.4 Å². The Morgan fingerprint density at radius 1 is 0.304 bits per heavy atom. The van der Waals surface area contributed by atoms with Crippen LogP contribution in [0.2, 0.25) is 0 Å². The number of allylic oxidation sites excluding steroid dienone is 6. The van der Waals surface area contributed by atoms with Gasteiger partial charge in [-0.3, -0.25) is 0 Å². The average molecular weight is 583 g/mol. The highest BCUT2D eigenvalue weighted by molar-refractivity contribution is 6.27. The summed E-state index contributed by atoms with van der Waals surface area (Å²) in [7, 11) is 0. The van der Waals surface area contributed by atoms with E-state index < -0.39 is 0 Å². The number of nitrogens with zero attached hydrogens (tertiary/aromatic N) is 4. The monoisotopic (exact) mass is 582 g/mol. The van der Waals surface area contributed by atoms with Crippen LogP contribution in [0.4, 0.5) is 0 Å². The van der Waals surface area contributed by atoms with Crippen molar-refractivity contribution in [2.24, 2.45) is 0 Å². The van der Waals surface area contributed by atoms with Gasteiger partial charge in [-0.15, -0.1) is 0 Å². The molecule has 0 unspecified atom stereocenters. The topological polar surface area (TPSA) is 95.2 Å². The zero-order valence-electron chi connectivity index (χ0n) is 24.5. The molecule has 0 bridgehead atoms. The largest absolute Gasteiger partial charge is 0.192 e. The third kappa shape index (κ3) is 4.35. The molecule has 0 atom stereocenters. The Hall–Kier alpha value is -6.98. The van der Waals surface area contributed by atoms with E-state index in [0.717, 1.165) is 66.8 Å². The van der Waals surface area contributed by atoms with Crippen molar-refractivity contribution in [3.8, 4) is 24.3 Å². The summed E-state index contributed by atoms with van der Waals surface area (Å²) in [4.78, 5) is 0. The average Bonchev–Trinajstić information content (AvgIpc) is 3.64. The number of hydrogen-bond acceptors (Lipinski definition) is 4. The third-order valence-corrected chi connectivity index (χ3v) is 8.47. The predicted molar refractivity (Wildman–Crippen MR) is 180 cm³/mol. The van der Waals surface area contributed by atoms with E-state index in [1.807, 2.05) is 133 Å². The maximum Gasteiger partial charge on any atom is 0.138 e. The zero-order chi connectivity index (χ0) is 31.6. The minimum atomic E-state index is 0.0516. The van der Waals surface area contributed by atoms with Crippen molar-refractivity contribution in [3.05, 3.63) is 189 Å². The molecule has 46 heavy (non-hydrogen) atoms. The van der Waals surface area contributed by atoms with E-state index in [2.05, 4.69) is 24.3 Å². The van der Waals surface area contributed by atoms with Crippen molar-refractivity contribution in [3.63, 3.8) is 0 Å². The fourth-order valence-corrected chi connectivity index (χ4v) is 6.61. The Balaban J connectivity index is 1.50. The first-order valence-electron chi connectivity index (χ1n) is 14.7. The minimum absolute atomic E-state index is 0.0516. The first-order valence-corrected chi connectivity index (χ1v) is 14.7. The molecule has 7 rings (SSSR count). The Bertz CT molecular complexity index is 2160. The summed E-state index contributed by atoms with van der Waals surface area (Å²) in [5, 5.41) is 40.2. The van der Waals surface area contributed by atoms with Gasteiger partial charge in [-0.05, 0) is 55.7 Å². The van der Waals surface area contributed by atoms with Gasteiger partial charge in [0.05, 0.1) is 0 Å². The summed E-state index contributed by atoms with van der Waals surface area (Å²) in [6.07, 6.45) is 0. The van der Waals surface area contributed by atoms with Crippen LogP contribution >= 0.6 is 0 Å². The number of nitriles is 4. The lowest BCUT2D eigenvalue weighted by Crippen LogP contribution is -1.95. The number of hydrogen-bond donors (Lipinski definition) is 0. The summed E-state index contributed by atoms with van der Waals surface area (Å²) in [5.41, 5.74) is 12.1. The SMILES string of the molecule is N#CC(C#N)=C1C(c2ccc(C3=C(c4ccccc4)c4ccccc4C3=C(C#N)C#N)cc2)=C(c2ccccc2)c2ccccc21. The van der Waals surface area contributed by atoms with Crippen LogP contribution in [0, 0.1) is 45.3 Å². The van der Waals surface area contributed by atoms with Gasteiger partial charge in [-0.25, -0.2) is 0 Å². The first kappa shape index (κ1) is 27.8. The molecule has 0 fully saturated rings. The van der Waals surface area contributed by atoms with E-state index in [9.17, 15) is 21.0 Å². The minimum Gasteiger partial charge on any atom is -0.192 e. The van der Waals surface area contributed by atoms with Crippen molar-refractivity contribution >= 4 is 33.4 Å². The standard InChI is InChI=1S/C42H22N4/c43-23-31(24-44)39-35-17-9-7-15-33(35)37(27-11-3-1-4-12-27)41(39)29-19-21-30(22-20-29)42-38(28-13-5-2-6-14-28)34-16-8-10-18-36(34)40(42)32(25-45)26-46/h1-22H. The Labute approximate surface area is 267 Å². The van der Waals surface area contributed by atoms with E-state index in [-0.39, 0.29) is 11.1 Å². The van der Waals surface area contributed by atoms with Gasteiger partial charge >= 0.3 is 0 Å². The van der Waals surface area contributed by atoms with E-state index in [0.29, 0.717) is 11.1 Å². The molecule has 2 aliphatic carbocycles. The lowest BCUT2D eigenvalue weighted by atomic mass is 9.87. The van der Waals surface area contributed by atoms with Crippen molar-refractivity contribution in [2.45, 2.75) is 0 Å². The van der Waals surface area contributed by atoms with Crippen molar-refractivity contribution < 1.29 is 0 Å². The van der Waals surface area contributed by atoms with Gasteiger partial charge in [-0.1, -0.05) is 133 Å². The lowest BCUT2D eigenvalue weighted by Gasteiger charge is -2.14. The molecule has 0 radical (unpaired) electrons. The summed E-state index contributed by atoms with van der Waals surface area (Å²) in [5.74, 6) is 0. The van der Waals surface area contributed by atoms with Gasteiger partial charge in [-0.2, -0.15) is 21.0 Å². The Morgan fingerprint density at radius 3 is 0.913 bits per heavy atom.